The Kier molecular flexibility index (Phi) is 13.5. The van der Waals surface area contributed by atoms with E-state index in [4.69, 9.17) is 4.99 Å². The van der Waals surface area contributed by atoms with Crippen molar-refractivity contribution < 1.29 is 0 Å². The molecule has 28 heavy (non-hydrogen) atoms. The summed E-state index contributed by atoms with van der Waals surface area (Å²) in [6, 6.07) is 0.736. The monoisotopic (exact) mass is 505 g/mol. The Morgan fingerprint density at radius 3 is 2.75 bits per heavy atom. The number of nitrogens with zero attached hydrogens (tertiary/aromatic N) is 5. The fourth-order valence-corrected chi connectivity index (χ4v) is 3.55. The minimum absolute atomic E-state index is 0. The number of likely N-dealkylation sites (tertiary alicyclic amines) is 1. The van der Waals surface area contributed by atoms with Crippen molar-refractivity contribution in [1.29, 1.82) is 0 Å². The van der Waals surface area contributed by atoms with E-state index in [9.17, 15) is 0 Å². The third kappa shape index (κ3) is 9.07. The predicted molar refractivity (Wildman–Crippen MR) is 128 cm³/mol. The number of nitrogens with one attached hydrogen (secondary N) is 2. The van der Waals surface area contributed by atoms with Crippen molar-refractivity contribution in [2.24, 2.45) is 4.99 Å². The summed E-state index contributed by atoms with van der Waals surface area (Å²) in [5, 5.41) is 15.1. The first-order chi connectivity index (χ1) is 13.2. The van der Waals surface area contributed by atoms with Gasteiger partial charge in [-0.1, -0.05) is 26.7 Å². The lowest BCUT2D eigenvalue weighted by Crippen LogP contribution is -2.40. The van der Waals surface area contributed by atoms with Gasteiger partial charge in [0.2, 0.25) is 0 Å². The number of rotatable bonds is 11. The fourth-order valence-electron chi connectivity index (χ4n) is 3.55. The lowest BCUT2D eigenvalue weighted by atomic mass is 10.0. The largest absolute Gasteiger partial charge is 0.356 e. The molecule has 1 atom stereocenters. The van der Waals surface area contributed by atoms with Crippen LogP contribution in [0.15, 0.2) is 11.3 Å². The van der Waals surface area contributed by atoms with Crippen LogP contribution < -0.4 is 10.6 Å². The normalized spacial score (nSPS) is 18.0. The van der Waals surface area contributed by atoms with Crippen molar-refractivity contribution in [3.8, 4) is 0 Å². The molecular weight excluding hydrogens is 465 g/mol. The van der Waals surface area contributed by atoms with Crippen molar-refractivity contribution in [1.82, 2.24) is 30.3 Å². The number of aryl methyl sites for hydroxylation is 1. The summed E-state index contributed by atoms with van der Waals surface area (Å²) in [7, 11) is 0. The van der Waals surface area contributed by atoms with Gasteiger partial charge in [-0.05, 0) is 39.2 Å². The molecule has 1 aromatic heterocycles. The molecule has 2 heterocycles. The van der Waals surface area contributed by atoms with Crippen molar-refractivity contribution in [2.75, 3.05) is 32.7 Å². The molecule has 1 aliphatic heterocycles. The molecule has 2 N–H and O–H groups in total. The van der Waals surface area contributed by atoms with Gasteiger partial charge in [-0.15, -0.1) is 34.2 Å². The summed E-state index contributed by atoms with van der Waals surface area (Å²) >= 11 is 0. The van der Waals surface area contributed by atoms with E-state index in [-0.39, 0.29) is 24.0 Å². The molecule has 7 nitrogen and oxygen atoms in total. The van der Waals surface area contributed by atoms with Gasteiger partial charge in [0.25, 0.3) is 0 Å². The van der Waals surface area contributed by atoms with E-state index in [1.807, 2.05) is 6.33 Å². The van der Waals surface area contributed by atoms with Crippen LogP contribution in [0.2, 0.25) is 0 Å². The van der Waals surface area contributed by atoms with E-state index in [0.717, 1.165) is 69.8 Å². The zero-order valence-electron chi connectivity index (χ0n) is 18.0. The Morgan fingerprint density at radius 1 is 1.18 bits per heavy atom. The lowest BCUT2D eigenvalue weighted by Gasteiger charge is -2.33. The number of hydrogen-bond donors (Lipinski definition) is 2. The summed E-state index contributed by atoms with van der Waals surface area (Å²) in [6.07, 6.45) is 10.3. The van der Waals surface area contributed by atoms with Crippen molar-refractivity contribution in [3.63, 3.8) is 0 Å². The topological polar surface area (TPSA) is 70.4 Å². The molecule has 162 valence electrons. The lowest BCUT2D eigenvalue weighted by molar-refractivity contribution is 0.160. The molecular formula is C20H40IN7. The average molecular weight is 505 g/mol. The number of unbranched alkanes of at least 4 members (excludes halogenated alkanes) is 1. The first kappa shape index (κ1) is 25.1. The van der Waals surface area contributed by atoms with Gasteiger partial charge >= 0.3 is 0 Å². The molecule has 0 saturated carbocycles. The van der Waals surface area contributed by atoms with Gasteiger partial charge in [-0.3, -0.25) is 4.99 Å². The van der Waals surface area contributed by atoms with Crippen molar-refractivity contribution in [3.05, 3.63) is 12.2 Å². The molecule has 0 amide bonds. The van der Waals surface area contributed by atoms with Crippen LogP contribution in [-0.2, 0) is 13.0 Å². The van der Waals surface area contributed by atoms with Gasteiger partial charge in [-0.2, -0.15) is 0 Å². The molecule has 1 saturated heterocycles. The van der Waals surface area contributed by atoms with Crippen molar-refractivity contribution in [2.45, 2.75) is 78.3 Å². The van der Waals surface area contributed by atoms with Crippen LogP contribution in [0.25, 0.3) is 0 Å². The number of hydrogen-bond acceptors (Lipinski definition) is 4. The smallest absolute Gasteiger partial charge is 0.191 e. The first-order valence-electron chi connectivity index (χ1n) is 10.9. The molecule has 2 rings (SSSR count). The van der Waals surface area contributed by atoms with Crippen LogP contribution >= 0.6 is 24.0 Å². The fraction of sp³-hybridized carbons (Fsp3) is 0.850. The van der Waals surface area contributed by atoms with Crippen LogP contribution in [0.4, 0.5) is 0 Å². The number of halogens is 1. The first-order valence-corrected chi connectivity index (χ1v) is 10.9. The average Bonchev–Trinajstić information content (AvgIpc) is 3.13. The standard InChI is InChI=1S/C20H39N7.HI/c1-4-6-11-21-20(23-13-16-27-17-24-25-19(27)5-2)22-12-9-15-26-14-8-7-10-18(26)3;/h17-18H,4-16H2,1-3H3,(H2,21,22,23);1H. The Morgan fingerprint density at radius 2 is 2.00 bits per heavy atom. The van der Waals surface area contributed by atoms with Crippen LogP contribution in [0.3, 0.4) is 0 Å². The molecule has 0 aromatic carbocycles. The molecule has 0 aliphatic carbocycles. The molecule has 1 fully saturated rings. The molecule has 1 aromatic rings. The molecule has 8 heteroatoms. The molecule has 1 aliphatic rings. The number of guanidine groups is 1. The SMILES string of the molecule is CCCCNC(=NCCCN1CCCCC1C)NCCn1cnnc1CC.I. The summed E-state index contributed by atoms with van der Waals surface area (Å²) in [4.78, 5) is 7.41. The second-order valence-electron chi connectivity index (χ2n) is 7.47. The van der Waals surface area contributed by atoms with Gasteiger partial charge in [0.1, 0.15) is 12.2 Å². The maximum atomic E-state index is 4.79. The summed E-state index contributed by atoms with van der Waals surface area (Å²) in [5.41, 5.74) is 0. The Labute approximate surface area is 188 Å². The minimum Gasteiger partial charge on any atom is -0.356 e. The van der Waals surface area contributed by atoms with Gasteiger partial charge in [0.15, 0.2) is 5.96 Å². The van der Waals surface area contributed by atoms with Gasteiger partial charge in [-0.25, -0.2) is 0 Å². The van der Waals surface area contributed by atoms with E-state index in [2.05, 4.69) is 51.1 Å². The Bertz CT molecular complexity index is 546. The molecule has 0 radical (unpaired) electrons. The Balaban J connectivity index is 0.00000392. The number of piperidine rings is 1. The quantitative estimate of drug-likeness (QED) is 0.210. The Hall–Kier alpha value is -0.900. The second-order valence-corrected chi connectivity index (χ2v) is 7.47. The summed E-state index contributed by atoms with van der Waals surface area (Å²) in [6.45, 7) is 12.6. The number of aliphatic imine (C=N–C) groups is 1. The predicted octanol–water partition coefficient (Wildman–Crippen LogP) is 3.06. The van der Waals surface area contributed by atoms with E-state index in [0.29, 0.717) is 0 Å². The van der Waals surface area contributed by atoms with Gasteiger partial charge < -0.3 is 20.1 Å². The van der Waals surface area contributed by atoms with E-state index in [1.54, 1.807) is 0 Å². The highest BCUT2D eigenvalue weighted by Crippen LogP contribution is 2.16. The maximum absolute atomic E-state index is 4.79. The van der Waals surface area contributed by atoms with E-state index in [1.165, 1.54) is 32.2 Å². The van der Waals surface area contributed by atoms with Crippen LogP contribution in [0.1, 0.15) is 65.1 Å². The molecule has 0 bridgehead atoms. The third-order valence-electron chi connectivity index (χ3n) is 5.29. The second kappa shape index (κ2) is 15.0. The molecule has 1 unspecified atom stereocenters. The zero-order chi connectivity index (χ0) is 19.3. The van der Waals surface area contributed by atoms with E-state index >= 15 is 0 Å². The van der Waals surface area contributed by atoms with Crippen LogP contribution in [0.5, 0.6) is 0 Å². The highest BCUT2D eigenvalue weighted by Gasteiger charge is 2.16. The highest BCUT2D eigenvalue weighted by molar-refractivity contribution is 14.0. The van der Waals surface area contributed by atoms with Crippen LogP contribution in [-0.4, -0.2) is 64.4 Å². The van der Waals surface area contributed by atoms with Gasteiger partial charge in [0.05, 0.1) is 0 Å². The maximum Gasteiger partial charge on any atom is 0.191 e. The van der Waals surface area contributed by atoms with Crippen LogP contribution in [0, 0.1) is 0 Å². The third-order valence-corrected chi connectivity index (χ3v) is 5.29. The zero-order valence-corrected chi connectivity index (χ0v) is 20.3. The number of aromatic nitrogens is 3. The summed E-state index contributed by atoms with van der Waals surface area (Å²) < 4.78 is 2.11. The summed E-state index contributed by atoms with van der Waals surface area (Å²) in [5.74, 6) is 1.96. The van der Waals surface area contributed by atoms with Gasteiger partial charge in [0, 0.05) is 45.2 Å². The highest BCUT2D eigenvalue weighted by atomic mass is 127. The van der Waals surface area contributed by atoms with E-state index < -0.39 is 0 Å². The molecule has 0 spiro atoms. The minimum atomic E-state index is 0. The van der Waals surface area contributed by atoms with Crippen molar-refractivity contribution >= 4 is 29.9 Å².